The third kappa shape index (κ3) is 2.26. The normalized spacial score (nSPS) is 11.2. The van der Waals surface area contributed by atoms with E-state index in [9.17, 15) is 4.39 Å². The van der Waals surface area contributed by atoms with E-state index in [1.807, 2.05) is 0 Å². The molecule has 0 unspecified atom stereocenters. The number of halogens is 4. The van der Waals surface area contributed by atoms with E-state index in [2.05, 4.69) is 4.98 Å². The van der Waals surface area contributed by atoms with Crippen molar-refractivity contribution in [1.29, 1.82) is 0 Å². The van der Waals surface area contributed by atoms with E-state index in [0.29, 0.717) is 21.6 Å². The minimum absolute atomic E-state index is 0.180. The molecule has 0 N–H and O–H groups in total. The smallest absolute Gasteiger partial charge is 0.129 e. The highest BCUT2D eigenvalue weighted by atomic mass is 35.5. The van der Waals surface area contributed by atoms with Crippen LogP contribution in [0.5, 0.6) is 0 Å². The largest absolute Gasteiger partial charge is 0.294 e. The zero-order valence-corrected chi connectivity index (χ0v) is 12.3. The lowest BCUT2D eigenvalue weighted by Crippen LogP contribution is -2.00. The zero-order chi connectivity index (χ0) is 14.3. The number of hydrogen-bond acceptors (Lipinski definition) is 1. The van der Waals surface area contributed by atoms with Gasteiger partial charge in [-0.2, -0.15) is 0 Å². The highest BCUT2D eigenvalue weighted by molar-refractivity contribution is 6.32. The van der Waals surface area contributed by atoms with Crippen LogP contribution < -0.4 is 0 Å². The van der Waals surface area contributed by atoms with Gasteiger partial charge in [0.25, 0.3) is 0 Å². The van der Waals surface area contributed by atoms with Crippen LogP contribution in [-0.4, -0.2) is 9.55 Å². The van der Waals surface area contributed by atoms with E-state index in [0.717, 1.165) is 11.0 Å². The summed E-state index contributed by atoms with van der Waals surface area (Å²) in [4.78, 5) is 4.41. The second-order valence-corrected chi connectivity index (χ2v) is 5.34. The summed E-state index contributed by atoms with van der Waals surface area (Å²) >= 11 is 18.1. The van der Waals surface area contributed by atoms with E-state index in [4.69, 9.17) is 34.8 Å². The molecule has 3 rings (SSSR count). The maximum absolute atomic E-state index is 13.5. The molecule has 0 saturated carbocycles. The molecular weight excluding hydrogens is 322 g/mol. The maximum atomic E-state index is 13.5. The van der Waals surface area contributed by atoms with Gasteiger partial charge in [-0.25, -0.2) is 9.37 Å². The van der Waals surface area contributed by atoms with Crippen LogP contribution in [0.25, 0.3) is 16.7 Å². The fourth-order valence-electron chi connectivity index (χ4n) is 2.11. The lowest BCUT2D eigenvalue weighted by molar-refractivity contribution is 0.626. The summed E-state index contributed by atoms with van der Waals surface area (Å²) in [5, 5.41) is 0.976. The Hall–Kier alpha value is -1.29. The molecule has 6 heteroatoms. The Balaban J connectivity index is 2.39. The number of aromatic nitrogens is 2. The lowest BCUT2D eigenvalue weighted by atomic mass is 10.2. The molecule has 0 atom stereocenters. The van der Waals surface area contributed by atoms with Crippen molar-refractivity contribution in [3.63, 3.8) is 0 Å². The first-order valence-corrected chi connectivity index (χ1v) is 7.07. The van der Waals surface area contributed by atoms with Crippen molar-refractivity contribution < 1.29 is 4.39 Å². The van der Waals surface area contributed by atoms with Crippen LogP contribution in [0.15, 0.2) is 36.4 Å². The van der Waals surface area contributed by atoms with Crippen molar-refractivity contribution in [1.82, 2.24) is 9.55 Å². The van der Waals surface area contributed by atoms with Crippen molar-refractivity contribution in [3.05, 3.63) is 58.1 Å². The predicted molar refractivity (Wildman–Crippen MR) is 80.6 cm³/mol. The van der Waals surface area contributed by atoms with Crippen molar-refractivity contribution in [2.45, 2.75) is 5.88 Å². The van der Waals surface area contributed by atoms with Crippen LogP contribution in [-0.2, 0) is 5.88 Å². The average molecular weight is 330 g/mol. The molecule has 0 aliphatic carbocycles. The van der Waals surface area contributed by atoms with Gasteiger partial charge in [-0.3, -0.25) is 4.57 Å². The highest BCUT2D eigenvalue weighted by Gasteiger charge is 2.15. The number of alkyl halides is 1. The molecular formula is C14H8Cl3FN2. The first-order valence-electron chi connectivity index (χ1n) is 5.78. The first kappa shape index (κ1) is 13.7. The minimum atomic E-state index is -0.381. The van der Waals surface area contributed by atoms with Crippen LogP contribution in [0.3, 0.4) is 0 Å². The molecule has 1 heterocycles. The van der Waals surface area contributed by atoms with Gasteiger partial charge in [0.15, 0.2) is 0 Å². The Morgan fingerprint density at radius 3 is 2.65 bits per heavy atom. The van der Waals surface area contributed by atoms with Crippen LogP contribution in [0.1, 0.15) is 5.82 Å². The molecule has 0 bridgehead atoms. The monoisotopic (exact) mass is 328 g/mol. The minimum Gasteiger partial charge on any atom is -0.294 e. The fraction of sp³-hybridized carbons (Fsp3) is 0.0714. The van der Waals surface area contributed by atoms with Gasteiger partial charge >= 0.3 is 0 Å². The summed E-state index contributed by atoms with van der Waals surface area (Å²) in [6, 6.07) is 9.43. The average Bonchev–Trinajstić information content (AvgIpc) is 2.79. The second kappa shape index (κ2) is 5.24. The molecule has 20 heavy (non-hydrogen) atoms. The summed E-state index contributed by atoms with van der Waals surface area (Å²) in [5.41, 5.74) is 1.96. The van der Waals surface area contributed by atoms with Gasteiger partial charge < -0.3 is 0 Å². The molecule has 0 amide bonds. The quantitative estimate of drug-likeness (QED) is 0.590. The molecule has 0 spiro atoms. The highest BCUT2D eigenvalue weighted by Crippen LogP contribution is 2.29. The van der Waals surface area contributed by atoms with Gasteiger partial charge in [-0.05, 0) is 36.4 Å². The van der Waals surface area contributed by atoms with Gasteiger partial charge in [0.2, 0.25) is 0 Å². The maximum Gasteiger partial charge on any atom is 0.129 e. The van der Waals surface area contributed by atoms with E-state index in [1.165, 1.54) is 18.2 Å². The fourth-order valence-corrected chi connectivity index (χ4v) is 2.66. The van der Waals surface area contributed by atoms with Crippen LogP contribution >= 0.6 is 34.8 Å². The molecule has 2 aromatic carbocycles. The van der Waals surface area contributed by atoms with Gasteiger partial charge in [-0.1, -0.05) is 23.2 Å². The van der Waals surface area contributed by atoms with E-state index < -0.39 is 0 Å². The van der Waals surface area contributed by atoms with Crippen LogP contribution in [0.2, 0.25) is 10.0 Å². The molecule has 0 fully saturated rings. The number of benzene rings is 2. The number of fused-ring (bicyclic) bond motifs is 1. The molecule has 0 aliphatic heterocycles. The van der Waals surface area contributed by atoms with Crippen molar-refractivity contribution in [3.8, 4) is 5.69 Å². The number of hydrogen-bond donors (Lipinski definition) is 0. The Bertz CT molecular complexity index is 798. The molecule has 0 radical (unpaired) electrons. The Morgan fingerprint density at radius 2 is 1.90 bits per heavy atom. The standard InChI is InChI=1S/C14H8Cl3FN2/c15-7-14-19-11-4-1-8(16)5-13(11)20(14)12-6-9(18)2-3-10(12)17/h1-6H,7H2. The number of rotatable bonds is 2. The zero-order valence-electron chi connectivity index (χ0n) is 10.1. The molecule has 0 aliphatic rings. The number of imidazole rings is 1. The second-order valence-electron chi connectivity index (χ2n) is 4.23. The van der Waals surface area contributed by atoms with Gasteiger partial charge in [0, 0.05) is 5.02 Å². The molecule has 1 aromatic heterocycles. The third-order valence-corrected chi connectivity index (χ3v) is 3.75. The van der Waals surface area contributed by atoms with Crippen molar-refractivity contribution in [2.75, 3.05) is 0 Å². The Kier molecular flexibility index (Phi) is 3.59. The van der Waals surface area contributed by atoms with Gasteiger partial charge in [0.05, 0.1) is 27.6 Å². The SMILES string of the molecule is Fc1ccc(Cl)c(-n2c(CCl)nc3ccc(Cl)cc32)c1. The lowest BCUT2D eigenvalue weighted by Gasteiger charge is -2.10. The Morgan fingerprint density at radius 1 is 1.10 bits per heavy atom. The van der Waals surface area contributed by atoms with Gasteiger partial charge in [0.1, 0.15) is 11.6 Å². The molecule has 3 aromatic rings. The predicted octanol–water partition coefficient (Wildman–Crippen LogP) is 5.21. The topological polar surface area (TPSA) is 17.8 Å². The Labute approximate surface area is 129 Å². The van der Waals surface area contributed by atoms with Crippen molar-refractivity contribution in [2.24, 2.45) is 0 Å². The van der Waals surface area contributed by atoms with Crippen molar-refractivity contribution >= 4 is 45.8 Å². The summed E-state index contributed by atoms with van der Waals surface area (Å²) in [5.74, 6) is 0.379. The summed E-state index contributed by atoms with van der Waals surface area (Å²) in [6.07, 6.45) is 0. The summed E-state index contributed by atoms with van der Waals surface area (Å²) in [7, 11) is 0. The van der Waals surface area contributed by atoms with Crippen LogP contribution in [0.4, 0.5) is 4.39 Å². The third-order valence-electron chi connectivity index (χ3n) is 2.95. The summed E-state index contributed by atoms with van der Waals surface area (Å²) in [6.45, 7) is 0. The van der Waals surface area contributed by atoms with E-state index in [1.54, 1.807) is 22.8 Å². The molecule has 0 saturated heterocycles. The molecule has 2 nitrogen and oxygen atoms in total. The first-order chi connectivity index (χ1) is 9.60. The molecule has 102 valence electrons. The van der Waals surface area contributed by atoms with E-state index >= 15 is 0 Å². The van der Waals surface area contributed by atoms with Gasteiger partial charge in [-0.15, -0.1) is 11.6 Å². The van der Waals surface area contributed by atoms with E-state index in [-0.39, 0.29) is 11.7 Å². The van der Waals surface area contributed by atoms with Crippen LogP contribution in [0, 0.1) is 5.82 Å². The summed E-state index contributed by atoms with van der Waals surface area (Å²) < 4.78 is 15.2. The number of nitrogens with zero attached hydrogens (tertiary/aromatic N) is 2.